The first-order valence-electron chi connectivity index (χ1n) is 13.4. The summed E-state index contributed by atoms with van der Waals surface area (Å²) in [5.41, 5.74) is 0.914. The van der Waals surface area contributed by atoms with Crippen LogP contribution in [0.2, 0.25) is 0 Å². The maximum absolute atomic E-state index is 12.8. The van der Waals surface area contributed by atoms with E-state index in [4.69, 9.17) is 9.90 Å². The van der Waals surface area contributed by atoms with Gasteiger partial charge >= 0.3 is 12.1 Å². The zero-order valence-electron chi connectivity index (χ0n) is 22.9. The number of fused-ring (bicyclic) bond motifs is 2. The number of nitrogens with one attached hydrogen (secondary N) is 3. The van der Waals surface area contributed by atoms with Gasteiger partial charge in [0.2, 0.25) is 16.0 Å². The van der Waals surface area contributed by atoms with Gasteiger partial charge in [-0.1, -0.05) is 42.5 Å². The molecule has 0 bridgehead atoms. The van der Waals surface area contributed by atoms with Crippen molar-refractivity contribution in [3.63, 3.8) is 0 Å². The zero-order valence-corrected chi connectivity index (χ0v) is 23.7. The van der Waals surface area contributed by atoms with Crippen LogP contribution in [0.3, 0.4) is 0 Å². The summed E-state index contributed by atoms with van der Waals surface area (Å²) in [6, 6.07) is 21.1. The van der Waals surface area contributed by atoms with E-state index in [1.165, 1.54) is 0 Å². The molecule has 224 valence electrons. The number of hydrogen-bond acceptors (Lipinski definition) is 7. The molecule has 1 saturated carbocycles. The fraction of sp³-hybridized carbons (Fsp3) is 0.345. The summed E-state index contributed by atoms with van der Waals surface area (Å²) in [4.78, 5) is 18.5. The number of benzene rings is 3. The van der Waals surface area contributed by atoms with Gasteiger partial charge in [-0.25, -0.2) is 22.9 Å². The summed E-state index contributed by atoms with van der Waals surface area (Å²) in [7, 11) is -1.65. The second-order valence-electron chi connectivity index (χ2n) is 10.1. The van der Waals surface area contributed by atoms with Crippen LogP contribution in [-0.4, -0.2) is 55.8 Å². The highest BCUT2D eigenvalue weighted by molar-refractivity contribution is 7.89. The second-order valence-corrected chi connectivity index (χ2v) is 11.9. The third kappa shape index (κ3) is 8.07. The van der Waals surface area contributed by atoms with Crippen LogP contribution >= 0.6 is 0 Å². The lowest BCUT2D eigenvalue weighted by Gasteiger charge is -2.28. The lowest BCUT2D eigenvalue weighted by atomic mass is 9.82. The van der Waals surface area contributed by atoms with Gasteiger partial charge in [-0.2, -0.15) is 18.2 Å². The molecule has 1 heterocycles. The average Bonchev–Trinajstić information content (AvgIpc) is 2.98. The van der Waals surface area contributed by atoms with Gasteiger partial charge in [-0.3, -0.25) is 0 Å². The van der Waals surface area contributed by atoms with Gasteiger partial charge in [-0.05, 0) is 72.6 Å². The number of aromatic nitrogens is 2. The van der Waals surface area contributed by atoms with Gasteiger partial charge in [0.1, 0.15) is 5.82 Å². The Labute approximate surface area is 241 Å². The van der Waals surface area contributed by atoms with Crippen LogP contribution in [0, 0.1) is 11.8 Å². The van der Waals surface area contributed by atoms with Gasteiger partial charge in [0, 0.05) is 25.5 Å². The molecule has 13 heteroatoms. The Bertz CT molecular complexity index is 1640. The Morgan fingerprint density at radius 1 is 0.905 bits per heavy atom. The fourth-order valence-electron chi connectivity index (χ4n) is 4.87. The molecule has 1 fully saturated rings. The van der Waals surface area contributed by atoms with Gasteiger partial charge in [-0.15, -0.1) is 0 Å². The summed E-state index contributed by atoms with van der Waals surface area (Å²) in [5, 5.41) is 16.7. The van der Waals surface area contributed by atoms with Gasteiger partial charge < -0.3 is 15.7 Å². The molecule has 0 spiro atoms. The number of rotatable bonds is 8. The summed E-state index contributed by atoms with van der Waals surface area (Å²) in [5.74, 6) is -0.419. The molecular formula is C29H32F3N5O4S. The number of carboxylic acid groups (broad SMARTS) is 1. The van der Waals surface area contributed by atoms with E-state index < -0.39 is 22.2 Å². The van der Waals surface area contributed by atoms with E-state index in [-0.39, 0.29) is 0 Å². The lowest BCUT2D eigenvalue weighted by molar-refractivity contribution is -0.192. The molecule has 0 unspecified atom stereocenters. The van der Waals surface area contributed by atoms with Crippen LogP contribution in [0.25, 0.3) is 21.7 Å². The van der Waals surface area contributed by atoms with Crippen molar-refractivity contribution in [3.8, 4) is 0 Å². The number of aliphatic carboxylic acids is 1. The van der Waals surface area contributed by atoms with Gasteiger partial charge in [0.05, 0.1) is 10.4 Å². The van der Waals surface area contributed by atoms with Gasteiger partial charge in [0.25, 0.3) is 0 Å². The van der Waals surface area contributed by atoms with Crippen molar-refractivity contribution >= 4 is 49.4 Å². The van der Waals surface area contributed by atoms with E-state index >= 15 is 0 Å². The topological polar surface area (TPSA) is 133 Å². The molecule has 1 aromatic heterocycles. The SMILES string of the molecule is CNc1nc(NCC2CCC(CNS(=O)(=O)c3ccc4ccccc4c3)CC2)nc2ccccc12.O=C(O)C(F)(F)F. The Kier molecular flexibility index (Phi) is 9.84. The van der Waals surface area contributed by atoms with Crippen LogP contribution in [0.15, 0.2) is 71.6 Å². The third-order valence-corrected chi connectivity index (χ3v) is 8.61. The minimum absolute atomic E-state index is 0.324. The lowest BCUT2D eigenvalue weighted by Crippen LogP contribution is -2.32. The largest absolute Gasteiger partial charge is 0.490 e. The van der Waals surface area contributed by atoms with E-state index in [1.807, 2.05) is 61.6 Å². The number of sulfonamides is 1. The van der Waals surface area contributed by atoms with Crippen LogP contribution in [-0.2, 0) is 14.8 Å². The van der Waals surface area contributed by atoms with E-state index in [0.717, 1.165) is 59.7 Å². The number of nitrogens with zero attached hydrogens (tertiary/aromatic N) is 2. The van der Waals surface area contributed by atoms with Crippen molar-refractivity contribution in [2.24, 2.45) is 11.8 Å². The molecule has 9 nitrogen and oxygen atoms in total. The molecule has 3 aromatic carbocycles. The highest BCUT2D eigenvalue weighted by atomic mass is 32.2. The van der Waals surface area contributed by atoms with Crippen molar-refractivity contribution in [1.29, 1.82) is 0 Å². The second kappa shape index (κ2) is 13.3. The average molecular weight is 604 g/mol. The Morgan fingerprint density at radius 3 is 2.14 bits per heavy atom. The number of carboxylic acids is 1. The molecule has 1 aliphatic carbocycles. The fourth-order valence-corrected chi connectivity index (χ4v) is 6.02. The Morgan fingerprint density at radius 2 is 1.50 bits per heavy atom. The highest BCUT2D eigenvalue weighted by Crippen LogP contribution is 2.29. The zero-order chi connectivity index (χ0) is 30.3. The van der Waals surface area contributed by atoms with Gasteiger partial charge in [0.15, 0.2) is 0 Å². The molecule has 0 atom stereocenters. The number of halogens is 3. The number of hydrogen-bond donors (Lipinski definition) is 4. The normalized spacial score (nSPS) is 17.3. The molecule has 42 heavy (non-hydrogen) atoms. The van der Waals surface area contributed by atoms with Crippen molar-refractivity contribution in [2.45, 2.75) is 36.8 Å². The summed E-state index contributed by atoms with van der Waals surface area (Å²) < 4.78 is 60.3. The van der Waals surface area contributed by atoms with Crippen molar-refractivity contribution in [2.75, 3.05) is 30.8 Å². The molecule has 0 aliphatic heterocycles. The molecule has 0 saturated heterocycles. The monoisotopic (exact) mass is 603 g/mol. The Hall–Kier alpha value is -3.97. The summed E-state index contributed by atoms with van der Waals surface area (Å²) in [6.45, 7) is 1.30. The molecule has 1 aliphatic rings. The minimum Gasteiger partial charge on any atom is -0.475 e. The number of anilines is 2. The quantitative estimate of drug-likeness (QED) is 0.203. The third-order valence-electron chi connectivity index (χ3n) is 7.19. The predicted octanol–water partition coefficient (Wildman–Crippen LogP) is 5.65. The molecule has 5 rings (SSSR count). The molecule has 4 N–H and O–H groups in total. The number of alkyl halides is 3. The first kappa shape index (κ1) is 31.0. The van der Waals surface area contributed by atoms with Crippen LogP contribution in [0.5, 0.6) is 0 Å². The number of para-hydroxylation sites is 1. The van der Waals surface area contributed by atoms with E-state index in [9.17, 15) is 21.6 Å². The molecule has 0 amide bonds. The van der Waals surface area contributed by atoms with Crippen molar-refractivity contribution in [1.82, 2.24) is 14.7 Å². The molecular weight excluding hydrogens is 571 g/mol. The first-order valence-corrected chi connectivity index (χ1v) is 14.9. The summed E-state index contributed by atoms with van der Waals surface area (Å²) in [6.07, 6.45) is -0.955. The maximum atomic E-state index is 12.8. The first-order chi connectivity index (χ1) is 20.0. The van der Waals surface area contributed by atoms with Crippen LogP contribution in [0.1, 0.15) is 25.7 Å². The van der Waals surface area contributed by atoms with Crippen molar-refractivity contribution < 1.29 is 31.5 Å². The van der Waals surface area contributed by atoms with E-state index in [2.05, 4.69) is 25.3 Å². The molecule has 0 radical (unpaired) electrons. The van der Waals surface area contributed by atoms with E-state index in [1.54, 1.807) is 12.1 Å². The van der Waals surface area contributed by atoms with Crippen LogP contribution in [0.4, 0.5) is 24.9 Å². The predicted molar refractivity (Wildman–Crippen MR) is 156 cm³/mol. The maximum Gasteiger partial charge on any atom is 0.490 e. The highest BCUT2D eigenvalue weighted by Gasteiger charge is 2.38. The smallest absolute Gasteiger partial charge is 0.475 e. The standard InChI is InChI=1S/C27H31N5O2S.C2HF3O2/c1-28-26-24-8-4-5-9-25(24)31-27(32-26)29-17-19-10-12-20(13-11-19)18-30-35(33,34)23-15-14-21-6-2-3-7-22(21)16-23;3-2(4,5)1(6)7/h2-9,14-16,19-20,30H,10-13,17-18H2,1H3,(H2,28,29,31,32);(H,6,7). The van der Waals surface area contributed by atoms with E-state index in [0.29, 0.717) is 29.2 Å². The molecule has 4 aromatic rings. The minimum atomic E-state index is -5.08. The van der Waals surface area contributed by atoms with Crippen LogP contribution < -0.4 is 15.4 Å². The summed E-state index contributed by atoms with van der Waals surface area (Å²) >= 11 is 0. The van der Waals surface area contributed by atoms with Crippen molar-refractivity contribution in [3.05, 3.63) is 66.7 Å². The number of carbonyl (C=O) groups is 1. The Balaban J connectivity index is 0.000000517.